The molecule has 0 bridgehead atoms. The van der Waals surface area contributed by atoms with Crippen LogP contribution < -0.4 is 5.32 Å². The molecule has 1 aromatic heterocycles. The molecule has 0 saturated heterocycles. The molecule has 2 rings (SSSR count). The van der Waals surface area contributed by atoms with Crippen molar-refractivity contribution in [1.82, 2.24) is 5.32 Å². The number of thiophene rings is 1. The Morgan fingerprint density at radius 3 is 3.11 bits per heavy atom. The number of aliphatic hydroxyl groups is 2. The third-order valence-electron chi connectivity index (χ3n) is 3.64. The topological polar surface area (TPSA) is 61.7 Å². The predicted molar refractivity (Wildman–Crippen MR) is 76.2 cm³/mol. The number of hydrogen-bond donors (Lipinski definition) is 3. The normalized spacial score (nSPS) is 24.7. The summed E-state index contributed by atoms with van der Waals surface area (Å²) >= 11 is 1.66. The Bertz CT molecular complexity index is 344. The molecule has 1 fully saturated rings. The lowest BCUT2D eigenvalue weighted by atomic mass is 10.1. The molecule has 0 aromatic carbocycles. The zero-order chi connectivity index (χ0) is 13.5. The van der Waals surface area contributed by atoms with Crippen LogP contribution in [0.3, 0.4) is 0 Å². The highest BCUT2D eigenvalue weighted by atomic mass is 32.1. The van der Waals surface area contributed by atoms with Gasteiger partial charge in [0.15, 0.2) is 0 Å². The van der Waals surface area contributed by atoms with Crippen LogP contribution in [0.4, 0.5) is 0 Å². The quantitative estimate of drug-likeness (QED) is 0.675. The lowest BCUT2D eigenvalue weighted by molar-refractivity contribution is 0.0274. The summed E-state index contributed by atoms with van der Waals surface area (Å²) in [5.74, 6) is 0.347. The molecule has 0 spiro atoms. The van der Waals surface area contributed by atoms with Crippen molar-refractivity contribution in [2.24, 2.45) is 5.92 Å². The van der Waals surface area contributed by atoms with Gasteiger partial charge in [-0.3, -0.25) is 0 Å². The van der Waals surface area contributed by atoms with Gasteiger partial charge in [-0.25, -0.2) is 0 Å². The molecule has 1 saturated carbocycles. The van der Waals surface area contributed by atoms with Crippen LogP contribution in [0.1, 0.15) is 24.1 Å². The lowest BCUT2D eigenvalue weighted by Gasteiger charge is -2.21. The fourth-order valence-corrected chi connectivity index (χ4v) is 3.20. The highest BCUT2D eigenvalue weighted by molar-refractivity contribution is 7.09. The molecule has 108 valence electrons. The smallest absolute Gasteiger partial charge is 0.0897 e. The van der Waals surface area contributed by atoms with Crippen molar-refractivity contribution in [3.05, 3.63) is 22.4 Å². The second kappa shape index (κ2) is 7.97. The summed E-state index contributed by atoms with van der Waals surface area (Å²) < 4.78 is 5.48. The summed E-state index contributed by atoms with van der Waals surface area (Å²) in [5, 5.41) is 24.4. The van der Waals surface area contributed by atoms with E-state index in [1.807, 2.05) is 17.5 Å². The van der Waals surface area contributed by atoms with Gasteiger partial charge in [-0.05, 0) is 30.2 Å². The first-order valence-electron chi connectivity index (χ1n) is 6.92. The minimum Gasteiger partial charge on any atom is -0.396 e. The molecule has 0 aliphatic heterocycles. The Balaban J connectivity index is 1.58. The van der Waals surface area contributed by atoms with Crippen molar-refractivity contribution in [3.63, 3.8) is 0 Å². The van der Waals surface area contributed by atoms with Crippen molar-refractivity contribution < 1.29 is 14.9 Å². The molecule has 3 N–H and O–H groups in total. The standard InChI is InChI=1S/C14H23NO3S/c16-8-11-3-1-5-14(11)15-7-12(17)9-18-10-13-4-2-6-19-13/h2,4,6,11-12,14-17H,1,3,5,7-10H2. The third-order valence-corrected chi connectivity index (χ3v) is 4.49. The van der Waals surface area contributed by atoms with E-state index in [-0.39, 0.29) is 6.61 Å². The highest BCUT2D eigenvalue weighted by Crippen LogP contribution is 2.24. The lowest BCUT2D eigenvalue weighted by Crippen LogP contribution is -2.40. The molecular formula is C14H23NO3S. The molecule has 0 radical (unpaired) electrons. The first-order valence-corrected chi connectivity index (χ1v) is 7.80. The van der Waals surface area contributed by atoms with Crippen LogP contribution in [0.15, 0.2) is 17.5 Å². The van der Waals surface area contributed by atoms with E-state index in [0.29, 0.717) is 31.7 Å². The van der Waals surface area contributed by atoms with Crippen LogP contribution in [-0.4, -0.2) is 42.1 Å². The highest BCUT2D eigenvalue weighted by Gasteiger charge is 2.26. The van der Waals surface area contributed by atoms with Crippen LogP contribution in [-0.2, 0) is 11.3 Å². The molecular weight excluding hydrogens is 262 g/mol. The Morgan fingerprint density at radius 1 is 1.47 bits per heavy atom. The molecule has 0 amide bonds. The number of hydrogen-bond acceptors (Lipinski definition) is 5. The van der Waals surface area contributed by atoms with Crippen molar-refractivity contribution in [3.8, 4) is 0 Å². The van der Waals surface area contributed by atoms with Crippen LogP contribution in [0, 0.1) is 5.92 Å². The Hall–Kier alpha value is -0.460. The number of nitrogens with one attached hydrogen (secondary N) is 1. The molecule has 1 aliphatic rings. The van der Waals surface area contributed by atoms with Gasteiger partial charge in [0, 0.05) is 24.1 Å². The van der Waals surface area contributed by atoms with Gasteiger partial charge in [-0.1, -0.05) is 12.5 Å². The summed E-state index contributed by atoms with van der Waals surface area (Å²) in [6.07, 6.45) is 2.85. The number of rotatable bonds is 8. The molecule has 3 unspecified atom stereocenters. The van der Waals surface area contributed by atoms with Gasteiger partial charge < -0.3 is 20.3 Å². The predicted octanol–water partition coefficient (Wildman–Crippen LogP) is 1.38. The van der Waals surface area contributed by atoms with Gasteiger partial charge in [-0.2, -0.15) is 0 Å². The largest absolute Gasteiger partial charge is 0.396 e. The van der Waals surface area contributed by atoms with Crippen LogP contribution in [0.2, 0.25) is 0 Å². The minimum atomic E-state index is -0.486. The summed E-state index contributed by atoms with van der Waals surface area (Å²) in [6, 6.07) is 4.37. The fraction of sp³-hybridized carbons (Fsp3) is 0.714. The summed E-state index contributed by atoms with van der Waals surface area (Å²) in [7, 11) is 0. The molecule has 5 heteroatoms. The van der Waals surface area contributed by atoms with Gasteiger partial charge in [0.2, 0.25) is 0 Å². The van der Waals surface area contributed by atoms with E-state index in [1.54, 1.807) is 11.3 Å². The molecule has 3 atom stereocenters. The molecule has 4 nitrogen and oxygen atoms in total. The van der Waals surface area contributed by atoms with E-state index >= 15 is 0 Å². The van der Waals surface area contributed by atoms with Crippen molar-refractivity contribution in [2.75, 3.05) is 19.8 Å². The van der Waals surface area contributed by atoms with Gasteiger partial charge in [0.25, 0.3) is 0 Å². The van der Waals surface area contributed by atoms with Crippen LogP contribution >= 0.6 is 11.3 Å². The minimum absolute atomic E-state index is 0.239. The summed E-state index contributed by atoms with van der Waals surface area (Å²) in [5.41, 5.74) is 0. The molecule has 1 aromatic rings. The van der Waals surface area contributed by atoms with Gasteiger partial charge in [0.1, 0.15) is 0 Å². The van der Waals surface area contributed by atoms with E-state index in [4.69, 9.17) is 4.74 Å². The molecule has 1 heterocycles. The zero-order valence-corrected chi connectivity index (χ0v) is 11.9. The van der Waals surface area contributed by atoms with Gasteiger partial charge in [-0.15, -0.1) is 11.3 Å². The third kappa shape index (κ3) is 4.85. The maximum atomic E-state index is 9.85. The molecule has 1 aliphatic carbocycles. The second-order valence-corrected chi connectivity index (χ2v) is 6.17. The van der Waals surface area contributed by atoms with E-state index in [0.717, 1.165) is 19.3 Å². The fourth-order valence-electron chi connectivity index (χ4n) is 2.56. The number of ether oxygens (including phenoxy) is 1. The maximum absolute atomic E-state index is 9.85. The van der Waals surface area contributed by atoms with E-state index < -0.39 is 6.10 Å². The first kappa shape index (κ1) is 14.9. The Labute approximate surface area is 118 Å². The Morgan fingerprint density at radius 2 is 2.37 bits per heavy atom. The first-order chi connectivity index (χ1) is 9.29. The van der Waals surface area contributed by atoms with Crippen molar-refractivity contribution in [2.45, 2.75) is 38.0 Å². The van der Waals surface area contributed by atoms with E-state index in [9.17, 15) is 10.2 Å². The average Bonchev–Trinajstić information content (AvgIpc) is 3.07. The van der Waals surface area contributed by atoms with Gasteiger partial charge in [0.05, 0.1) is 19.3 Å². The second-order valence-electron chi connectivity index (χ2n) is 5.14. The van der Waals surface area contributed by atoms with E-state index in [1.165, 1.54) is 4.88 Å². The zero-order valence-electron chi connectivity index (χ0n) is 11.1. The molecule has 19 heavy (non-hydrogen) atoms. The number of aliphatic hydroxyl groups excluding tert-OH is 2. The van der Waals surface area contributed by atoms with Crippen molar-refractivity contribution >= 4 is 11.3 Å². The average molecular weight is 285 g/mol. The Kier molecular flexibility index (Phi) is 6.26. The van der Waals surface area contributed by atoms with Crippen LogP contribution in [0.25, 0.3) is 0 Å². The SMILES string of the molecule is OCC1CCCC1NCC(O)COCc1cccs1. The van der Waals surface area contributed by atoms with Gasteiger partial charge >= 0.3 is 0 Å². The maximum Gasteiger partial charge on any atom is 0.0897 e. The van der Waals surface area contributed by atoms with Crippen molar-refractivity contribution in [1.29, 1.82) is 0 Å². The van der Waals surface area contributed by atoms with E-state index in [2.05, 4.69) is 5.32 Å². The summed E-state index contributed by atoms with van der Waals surface area (Å²) in [6.45, 7) is 1.69. The van der Waals surface area contributed by atoms with Crippen LogP contribution in [0.5, 0.6) is 0 Å². The summed E-state index contributed by atoms with van der Waals surface area (Å²) in [4.78, 5) is 1.18. The monoisotopic (exact) mass is 285 g/mol.